The van der Waals surface area contributed by atoms with Crippen molar-refractivity contribution in [3.63, 3.8) is 0 Å². The number of aromatic nitrogens is 1. The van der Waals surface area contributed by atoms with E-state index in [1.165, 1.54) is 22.7 Å². The molecule has 1 nitrogen and oxygen atoms in total. The minimum Gasteiger partial charge on any atom is -0.362 e. The number of rotatable bonds is 3. The van der Waals surface area contributed by atoms with Crippen LogP contribution in [0.2, 0.25) is 0 Å². The van der Waals surface area contributed by atoms with Crippen molar-refractivity contribution in [2.24, 2.45) is 5.92 Å². The topological polar surface area (TPSA) is 15.8 Å². The Morgan fingerprint density at radius 1 is 1.44 bits per heavy atom. The second-order valence-electron chi connectivity index (χ2n) is 4.55. The van der Waals surface area contributed by atoms with Crippen molar-refractivity contribution in [3.8, 4) is 0 Å². The molecule has 16 heavy (non-hydrogen) atoms. The Morgan fingerprint density at radius 2 is 1.94 bits per heavy atom. The van der Waals surface area contributed by atoms with Gasteiger partial charge >= 0.3 is 0 Å². The lowest BCUT2D eigenvalue weighted by Crippen LogP contribution is -1.77. The number of H-pyrrole nitrogens is 1. The standard InChI is InChI=1S/C9H13NS.C5H12/c1-6(2)11-9-5-7(3)10-8(9)4;1-4-5(2)3/h5,10H,1H2,2-4H3;5H,4H2,1-3H3. The number of thioether (sulfide) groups is 1. The van der Waals surface area contributed by atoms with Crippen molar-refractivity contribution in [1.29, 1.82) is 0 Å². The van der Waals surface area contributed by atoms with Crippen LogP contribution < -0.4 is 0 Å². The van der Waals surface area contributed by atoms with Gasteiger partial charge in [-0.1, -0.05) is 45.5 Å². The summed E-state index contributed by atoms with van der Waals surface area (Å²) in [5.41, 5.74) is 2.45. The molecule has 0 amide bonds. The van der Waals surface area contributed by atoms with Crippen molar-refractivity contribution < 1.29 is 0 Å². The number of aryl methyl sites for hydroxylation is 2. The molecule has 1 aromatic rings. The molecule has 0 unspecified atom stereocenters. The van der Waals surface area contributed by atoms with Crippen molar-refractivity contribution >= 4 is 11.8 Å². The molecule has 0 radical (unpaired) electrons. The lowest BCUT2D eigenvalue weighted by Gasteiger charge is -1.96. The van der Waals surface area contributed by atoms with Crippen molar-refractivity contribution in [2.75, 3.05) is 0 Å². The van der Waals surface area contributed by atoms with E-state index in [-0.39, 0.29) is 0 Å². The zero-order chi connectivity index (χ0) is 12.7. The highest BCUT2D eigenvalue weighted by Crippen LogP contribution is 2.28. The molecular weight excluding hydrogens is 214 g/mol. The number of hydrogen-bond acceptors (Lipinski definition) is 1. The minimum atomic E-state index is 0.884. The van der Waals surface area contributed by atoms with Crippen LogP contribution in [-0.4, -0.2) is 4.98 Å². The predicted molar refractivity (Wildman–Crippen MR) is 76.1 cm³/mol. The summed E-state index contributed by atoms with van der Waals surface area (Å²) < 4.78 is 0. The smallest absolute Gasteiger partial charge is 0.0325 e. The van der Waals surface area contributed by atoms with E-state index in [0.29, 0.717) is 0 Å². The first-order valence-corrected chi connectivity index (χ1v) is 6.68. The highest BCUT2D eigenvalue weighted by Gasteiger charge is 2.01. The van der Waals surface area contributed by atoms with E-state index in [2.05, 4.69) is 52.2 Å². The molecule has 0 fully saturated rings. The van der Waals surface area contributed by atoms with Crippen molar-refractivity contribution in [2.45, 2.75) is 52.9 Å². The number of aromatic amines is 1. The molecule has 0 saturated carbocycles. The van der Waals surface area contributed by atoms with E-state index in [1.54, 1.807) is 11.8 Å². The third-order valence-corrected chi connectivity index (χ3v) is 3.19. The van der Waals surface area contributed by atoms with E-state index >= 15 is 0 Å². The minimum absolute atomic E-state index is 0.884. The zero-order valence-electron chi connectivity index (χ0n) is 11.5. The summed E-state index contributed by atoms with van der Waals surface area (Å²) in [6.07, 6.45) is 1.31. The van der Waals surface area contributed by atoms with Gasteiger partial charge in [0.05, 0.1) is 0 Å². The summed E-state index contributed by atoms with van der Waals surface area (Å²) in [5, 5.41) is 0. The van der Waals surface area contributed by atoms with Crippen LogP contribution in [0, 0.1) is 19.8 Å². The summed E-state index contributed by atoms with van der Waals surface area (Å²) in [7, 11) is 0. The maximum absolute atomic E-state index is 3.85. The summed E-state index contributed by atoms with van der Waals surface area (Å²) in [6.45, 7) is 16.7. The molecule has 92 valence electrons. The average molecular weight is 239 g/mol. The first-order chi connectivity index (χ1) is 7.36. The molecule has 1 N–H and O–H groups in total. The Kier molecular flexibility index (Phi) is 7.31. The lowest BCUT2D eigenvalue weighted by atomic mass is 10.2. The molecule has 0 aliphatic rings. The molecule has 0 saturated heterocycles. The van der Waals surface area contributed by atoms with Crippen molar-refractivity contribution in [1.82, 2.24) is 4.98 Å². The number of hydrogen-bond donors (Lipinski definition) is 1. The van der Waals surface area contributed by atoms with E-state index in [1.807, 2.05) is 6.92 Å². The van der Waals surface area contributed by atoms with Gasteiger partial charge in [-0.3, -0.25) is 0 Å². The third-order valence-electron chi connectivity index (χ3n) is 2.20. The number of allylic oxidation sites excluding steroid dienone is 1. The molecule has 0 aromatic carbocycles. The monoisotopic (exact) mass is 239 g/mol. The maximum Gasteiger partial charge on any atom is 0.0325 e. The fourth-order valence-corrected chi connectivity index (χ4v) is 1.81. The molecule has 1 heterocycles. The predicted octanol–water partition coefficient (Wildman–Crippen LogP) is 5.31. The molecule has 0 aliphatic carbocycles. The van der Waals surface area contributed by atoms with Gasteiger partial charge in [0, 0.05) is 16.3 Å². The van der Waals surface area contributed by atoms with Gasteiger partial charge in [0.25, 0.3) is 0 Å². The second-order valence-corrected chi connectivity index (χ2v) is 5.89. The van der Waals surface area contributed by atoms with E-state index < -0.39 is 0 Å². The normalized spacial score (nSPS) is 9.94. The van der Waals surface area contributed by atoms with E-state index in [4.69, 9.17) is 0 Å². The average Bonchev–Trinajstić information content (AvgIpc) is 2.45. The Labute approximate surface area is 105 Å². The van der Waals surface area contributed by atoms with Crippen LogP contribution in [0.3, 0.4) is 0 Å². The molecule has 0 spiro atoms. The first kappa shape index (κ1) is 15.4. The van der Waals surface area contributed by atoms with Crippen LogP contribution >= 0.6 is 11.8 Å². The van der Waals surface area contributed by atoms with Gasteiger partial charge in [0.1, 0.15) is 0 Å². The maximum atomic E-state index is 3.85. The molecule has 0 bridgehead atoms. The Balaban J connectivity index is 0.000000385. The summed E-state index contributed by atoms with van der Waals surface area (Å²) in [6, 6.07) is 2.15. The van der Waals surface area contributed by atoms with Crippen LogP contribution in [0.25, 0.3) is 0 Å². The van der Waals surface area contributed by atoms with Gasteiger partial charge in [-0.25, -0.2) is 0 Å². The first-order valence-electron chi connectivity index (χ1n) is 5.86. The molecule has 0 atom stereocenters. The zero-order valence-corrected chi connectivity index (χ0v) is 12.3. The summed E-state index contributed by atoms with van der Waals surface area (Å²) in [5.74, 6) is 0.884. The van der Waals surface area contributed by atoms with E-state index in [9.17, 15) is 0 Å². The molecular formula is C14H25NS. The van der Waals surface area contributed by atoms with E-state index in [0.717, 1.165) is 10.8 Å². The van der Waals surface area contributed by atoms with Gasteiger partial charge in [0.15, 0.2) is 0 Å². The highest BCUT2D eigenvalue weighted by molar-refractivity contribution is 8.03. The Bertz CT molecular complexity index is 323. The molecule has 2 heteroatoms. The van der Waals surface area contributed by atoms with Gasteiger partial charge < -0.3 is 4.98 Å². The summed E-state index contributed by atoms with van der Waals surface area (Å²) >= 11 is 1.72. The van der Waals surface area contributed by atoms with Gasteiger partial charge in [-0.15, -0.1) is 0 Å². The Morgan fingerprint density at radius 3 is 2.19 bits per heavy atom. The number of nitrogens with one attached hydrogen (secondary N) is 1. The fraction of sp³-hybridized carbons (Fsp3) is 0.571. The van der Waals surface area contributed by atoms with Crippen LogP contribution in [0.5, 0.6) is 0 Å². The van der Waals surface area contributed by atoms with Crippen molar-refractivity contribution in [3.05, 3.63) is 28.9 Å². The summed E-state index contributed by atoms with van der Waals surface area (Å²) in [4.78, 5) is 5.67. The quantitative estimate of drug-likeness (QED) is 0.707. The second kappa shape index (κ2) is 7.61. The molecule has 1 rings (SSSR count). The van der Waals surface area contributed by atoms with Crippen LogP contribution in [0.4, 0.5) is 0 Å². The van der Waals surface area contributed by atoms with Gasteiger partial charge in [-0.2, -0.15) is 0 Å². The third kappa shape index (κ3) is 6.78. The Hall–Kier alpha value is -0.630. The fourth-order valence-electron chi connectivity index (χ4n) is 0.992. The lowest BCUT2D eigenvalue weighted by molar-refractivity contribution is 0.626. The highest BCUT2D eigenvalue weighted by atomic mass is 32.2. The van der Waals surface area contributed by atoms with Gasteiger partial charge in [0.2, 0.25) is 0 Å². The molecule has 0 aliphatic heterocycles. The SMILES string of the molecule is C=C(C)Sc1cc(C)[nH]c1C.CCC(C)C. The molecule has 1 aromatic heterocycles. The van der Waals surface area contributed by atoms with Crippen LogP contribution in [0.15, 0.2) is 22.4 Å². The van der Waals surface area contributed by atoms with Crippen LogP contribution in [-0.2, 0) is 0 Å². The van der Waals surface area contributed by atoms with Gasteiger partial charge in [-0.05, 0) is 37.7 Å². The van der Waals surface area contributed by atoms with Crippen LogP contribution in [0.1, 0.15) is 45.5 Å². The largest absolute Gasteiger partial charge is 0.362 e.